The van der Waals surface area contributed by atoms with Crippen molar-refractivity contribution in [2.24, 2.45) is 0 Å². The van der Waals surface area contributed by atoms with E-state index in [9.17, 15) is 4.79 Å². The number of thioether (sulfide) groups is 1. The predicted octanol–water partition coefficient (Wildman–Crippen LogP) is 0.842. The number of alkyl halides is 1. The molecule has 0 bridgehead atoms. The Labute approximate surface area is 88.2 Å². The number of carbonyl (C=O) groups excluding carboxylic acids is 1. The molecule has 0 heterocycles. The molecular weight excluding hydrogens is 210 g/mol. The normalized spacial score (nSPS) is 17.6. The third-order valence-corrected chi connectivity index (χ3v) is 3.13. The molecule has 0 aromatic heterocycles. The van der Waals surface area contributed by atoms with Gasteiger partial charge in [-0.2, -0.15) is 11.8 Å². The zero-order chi connectivity index (χ0) is 10.4. The fraction of sp³-hybridized carbons (Fsp3) is 0.875. The van der Waals surface area contributed by atoms with Gasteiger partial charge in [-0.05, 0) is 20.1 Å². The van der Waals surface area contributed by atoms with Crippen LogP contribution in [0.4, 0.5) is 0 Å². The number of carbonyl (C=O) groups is 1. The maximum atomic E-state index is 11.2. The van der Waals surface area contributed by atoms with Crippen LogP contribution in [-0.4, -0.2) is 40.5 Å². The molecule has 0 aliphatic rings. The van der Waals surface area contributed by atoms with Gasteiger partial charge >= 0.3 is 0 Å². The number of hydrogen-bond donors (Lipinski definition) is 2. The van der Waals surface area contributed by atoms with Gasteiger partial charge in [-0.3, -0.25) is 4.79 Å². The third kappa shape index (κ3) is 4.74. The second-order valence-corrected chi connectivity index (χ2v) is 4.60. The Morgan fingerprint density at radius 1 is 1.62 bits per heavy atom. The Bertz CT molecular complexity index is 162. The SMILES string of the molecule is CSC(CO)C(C)NC(=O)C(C)Cl. The Morgan fingerprint density at radius 2 is 2.15 bits per heavy atom. The van der Waals surface area contributed by atoms with E-state index in [-0.39, 0.29) is 23.8 Å². The van der Waals surface area contributed by atoms with Crippen LogP contribution in [-0.2, 0) is 4.79 Å². The van der Waals surface area contributed by atoms with Crippen LogP contribution >= 0.6 is 23.4 Å². The summed E-state index contributed by atoms with van der Waals surface area (Å²) in [7, 11) is 0. The third-order valence-electron chi connectivity index (χ3n) is 1.77. The molecule has 13 heavy (non-hydrogen) atoms. The van der Waals surface area contributed by atoms with Crippen molar-refractivity contribution in [1.82, 2.24) is 5.32 Å². The molecule has 0 aliphatic carbocycles. The van der Waals surface area contributed by atoms with Gasteiger partial charge in [0.2, 0.25) is 5.91 Å². The van der Waals surface area contributed by atoms with Crippen LogP contribution in [0, 0.1) is 0 Å². The van der Waals surface area contributed by atoms with Crippen molar-refractivity contribution in [3.8, 4) is 0 Å². The maximum absolute atomic E-state index is 11.2. The summed E-state index contributed by atoms with van der Waals surface area (Å²) in [5.74, 6) is -0.193. The number of aliphatic hydroxyl groups is 1. The molecule has 0 aromatic carbocycles. The molecule has 78 valence electrons. The largest absolute Gasteiger partial charge is 0.395 e. The Morgan fingerprint density at radius 3 is 2.46 bits per heavy atom. The van der Waals surface area contributed by atoms with Crippen molar-refractivity contribution >= 4 is 29.3 Å². The van der Waals surface area contributed by atoms with Crippen LogP contribution in [0.2, 0.25) is 0 Å². The summed E-state index contributed by atoms with van der Waals surface area (Å²) < 4.78 is 0. The number of halogens is 1. The molecule has 3 nitrogen and oxygen atoms in total. The van der Waals surface area contributed by atoms with Crippen LogP contribution < -0.4 is 5.32 Å². The lowest BCUT2D eigenvalue weighted by Gasteiger charge is -2.21. The summed E-state index contributed by atoms with van der Waals surface area (Å²) in [6.45, 7) is 3.53. The predicted molar refractivity (Wildman–Crippen MR) is 57.3 cm³/mol. The Kier molecular flexibility index (Phi) is 6.55. The van der Waals surface area contributed by atoms with Gasteiger partial charge in [0.25, 0.3) is 0 Å². The Hall–Kier alpha value is 0.0700. The van der Waals surface area contributed by atoms with Crippen molar-refractivity contribution in [3.05, 3.63) is 0 Å². The number of nitrogens with one attached hydrogen (secondary N) is 1. The highest BCUT2D eigenvalue weighted by molar-refractivity contribution is 7.99. The van der Waals surface area contributed by atoms with E-state index in [1.165, 1.54) is 11.8 Å². The second kappa shape index (κ2) is 6.51. The smallest absolute Gasteiger partial charge is 0.238 e. The fourth-order valence-electron chi connectivity index (χ4n) is 0.869. The minimum Gasteiger partial charge on any atom is -0.395 e. The molecule has 3 unspecified atom stereocenters. The zero-order valence-corrected chi connectivity index (χ0v) is 9.65. The van der Waals surface area contributed by atoms with E-state index in [0.29, 0.717) is 0 Å². The molecule has 0 saturated carbocycles. The summed E-state index contributed by atoms with van der Waals surface area (Å²) in [6.07, 6.45) is 1.90. The summed E-state index contributed by atoms with van der Waals surface area (Å²) in [5.41, 5.74) is 0. The monoisotopic (exact) mass is 225 g/mol. The minimum absolute atomic E-state index is 0.0272. The van der Waals surface area contributed by atoms with Gasteiger partial charge in [0, 0.05) is 11.3 Å². The van der Waals surface area contributed by atoms with Crippen molar-refractivity contribution < 1.29 is 9.90 Å². The topological polar surface area (TPSA) is 49.3 Å². The van der Waals surface area contributed by atoms with Crippen molar-refractivity contribution in [3.63, 3.8) is 0 Å². The van der Waals surface area contributed by atoms with Crippen LogP contribution in [0.1, 0.15) is 13.8 Å². The van der Waals surface area contributed by atoms with Gasteiger partial charge in [0.05, 0.1) is 6.61 Å². The minimum atomic E-state index is -0.524. The summed E-state index contributed by atoms with van der Waals surface area (Å²) in [6, 6.07) is -0.0614. The first-order chi connectivity index (χ1) is 6.02. The lowest BCUT2D eigenvalue weighted by Crippen LogP contribution is -2.43. The Balaban J connectivity index is 3.97. The van der Waals surface area contributed by atoms with Gasteiger partial charge < -0.3 is 10.4 Å². The molecule has 0 aromatic rings. The van der Waals surface area contributed by atoms with Crippen LogP contribution in [0.5, 0.6) is 0 Å². The van der Waals surface area contributed by atoms with E-state index in [2.05, 4.69) is 5.32 Å². The van der Waals surface area contributed by atoms with E-state index >= 15 is 0 Å². The van der Waals surface area contributed by atoms with Crippen LogP contribution in [0.15, 0.2) is 0 Å². The maximum Gasteiger partial charge on any atom is 0.238 e. The average molecular weight is 226 g/mol. The van der Waals surface area contributed by atoms with Gasteiger partial charge in [-0.25, -0.2) is 0 Å². The molecule has 0 rings (SSSR count). The molecule has 1 amide bonds. The first kappa shape index (κ1) is 13.1. The molecule has 0 fully saturated rings. The highest BCUT2D eigenvalue weighted by Crippen LogP contribution is 2.10. The summed E-state index contributed by atoms with van der Waals surface area (Å²) in [4.78, 5) is 11.2. The quantitative estimate of drug-likeness (QED) is 0.682. The van der Waals surface area contributed by atoms with E-state index in [1.807, 2.05) is 13.2 Å². The van der Waals surface area contributed by atoms with E-state index in [1.54, 1.807) is 6.92 Å². The van der Waals surface area contributed by atoms with E-state index < -0.39 is 5.38 Å². The molecule has 3 atom stereocenters. The number of aliphatic hydroxyl groups excluding tert-OH is 1. The first-order valence-corrected chi connectivity index (χ1v) is 5.83. The molecule has 0 spiro atoms. The van der Waals surface area contributed by atoms with Gasteiger partial charge in [-0.1, -0.05) is 0 Å². The highest BCUT2D eigenvalue weighted by Gasteiger charge is 2.19. The van der Waals surface area contributed by atoms with Gasteiger partial charge in [-0.15, -0.1) is 11.6 Å². The first-order valence-electron chi connectivity index (χ1n) is 4.11. The molecule has 0 radical (unpaired) electrons. The average Bonchev–Trinajstić information content (AvgIpc) is 2.06. The van der Waals surface area contributed by atoms with Crippen molar-refractivity contribution in [1.29, 1.82) is 0 Å². The molecule has 0 saturated heterocycles. The lowest BCUT2D eigenvalue weighted by atomic mass is 10.2. The molecule has 5 heteroatoms. The number of rotatable bonds is 5. The van der Waals surface area contributed by atoms with Crippen molar-refractivity contribution in [2.75, 3.05) is 12.9 Å². The number of amides is 1. The van der Waals surface area contributed by atoms with Crippen LogP contribution in [0.3, 0.4) is 0 Å². The summed E-state index contributed by atoms with van der Waals surface area (Å²) >= 11 is 7.11. The van der Waals surface area contributed by atoms with Gasteiger partial charge in [0.15, 0.2) is 0 Å². The number of hydrogen-bond acceptors (Lipinski definition) is 3. The van der Waals surface area contributed by atoms with Crippen molar-refractivity contribution in [2.45, 2.75) is 30.5 Å². The standard InChI is InChI=1S/C8H16ClNO2S/c1-5(9)8(12)10-6(2)7(4-11)13-3/h5-7,11H,4H2,1-3H3,(H,10,12). The molecule has 0 aliphatic heterocycles. The lowest BCUT2D eigenvalue weighted by molar-refractivity contribution is -0.121. The summed E-state index contributed by atoms with van der Waals surface area (Å²) in [5, 5.41) is 11.2. The molecular formula is C8H16ClNO2S. The molecule has 2 N–H and O–H groups in total. The second-order valence-electron chi connectivity index (χ2n) is 2.87. The highest BCUT2D eigenvalue weighted by atomic mass is 35.5. The fourth-order valence-corrected chi connectivity index (χ4v) is 1.56. The van der Waals surface area contributed by atoms with E-state index in [4.69, 9.17) is 16.7 Å². The zero-order valence-electron chi connectivity index (χ0n) is 8.08. The van der Waals surface area contributed by atoms with E-state index in [0.717, 1.165) is 0 Å². The van der Waals surface area contributed by atoms with Gasteiger partial charge in [0.1, 0.15) is 5.38 Å². The van der Waals surface area contributed by atoms with Crippen LogP contribution in [0.25, 0.3) is 0 Å².